The molecule has 0 aliphatic carbocycles. The van der Waals surface area contributed by atoms with Gasteiger partial charge >= 0.3 is 0 Å². The van der Waals surface area contributed by atoms with Crippen molar-refractivity contribution in [3.05, 3.63) is 58.1 Å². The number of nitrogens with one attached hydrogen (secondary N) is 1. The van der Waals surface area contributed by atoms with Crippen LogP contribution in [0.15, 0.2) is 42.5 Å². The fraction of sp³-hybridized carbons (Fsp3) is 0.235. The number of hydrogen-bond acceptors (Lipinski definition) is 3. The summed E-state index contributed by atoms with van der Waals surface area (Å²) in [5.41, 5.74) is 0.917. The SMILES string of the molecule is CCOCCOc1ccccc1C(=O)Nc1ccc(Cl)cc1Cl. The molecule has 0 fully saturated rings. The summed E-state index contributed by atoms with van der Waals surface area (Å²) in [6, 6.07) is 11.9. The largest absolute Gasteiger partial charge is 0.490 e. The maximum atomic E-state index is 12.4. The van der Waals surface area contributed by atoms with Crippen LogP contribution in [0.25, 0.3) is 0 Å². The first-order chi connectivity index (χ1) is 11.1. The highest BCUT2D eigenvalue weighted by molar-refractivity contribution is 6.36. The van der Waals surface area contributed by atoms with Gasteiger partial charge in [-0.25, -0.2) is 0 Å². The average Bonchev–Trinajstić information content (AvgIpc) is 2.54. The first kappa shape index (κ1) is 17.6. The Morgan fingerprint density at radius 3 is 2.65 bits per heavy atom. The highest BCUT2D eigenvalue weighted by atomic mass is 35.5. The van der Waals surface area contributed by atoms with Crippen LogP contribution in [-0.2, 0) is 4.74 Å². The van der Waals surface area contributed by atoms with Gasteiger partial charge in [-0.3, -0.25) is 4.79 Å². The molecule has 0 atom stereocenters. The summed E-state index contributed by atoms with van der Waals surface area (Å²) in [5, 5.41) is 3.64. The molecule has 6 heteroatoms. The van der Waals surface area contributed by atoms with Gasteiger partial charge in [0.25, 0.3) is 5.91 Å². The molecule has 0 aromatic heterocycles. The Bertz CT molecular complexity index is 677. The number of anilines is 1. The van der Waals surface area contributed by atoms with Gasteiger partial charge in [-0.2, -0.15) is 0 Å². The van der Waals surface area contributed by atoms with E-state index in [0.717, 1.165) is 0 Å². The number of carbonyl (C=O) groups excluding carboxylic acids is 1. The van der Waals surface area contributed by atoms with E-state index < -0.39 is 0 Å². The van der Waals surface area contributed by atoms with E-state index in [4.69, 9.17) is 32.7 Å². The molecule has 0 bridgehead atoms. The molecule has 2 aromatic carbocycles. The Hall–Kier alpha value is -1.75. The molecule has 0 radical (unpaired) electrons. The monoisotopic (exact) mass is 353 g/mol. The van der Waals surface area contributed by atoms with Crippen LogP contribution in [0.1, 0.15) is 17.3 Å². The van der Waals surface area contributed by atoms with Crippen LogP contribution in [0.4, 0.5) is 5.69 Å². The Labute approximate surface area is 145 Å². The zero-order chi connectivity index (χ0) is 16.7. The van der Waals surface area contributed by atoms with Crippen molar-refractivity contribution in [2.24, 2.45) is 0 Å². The third-order valence-corrected chi connectivity index (χ3v) is 3.55. The lowest BCUT2D eigenvalue weighted by atomic mass is 10.2. The molecule has 0 aliphatic heterocycles. The summed E-state index contributed by atoms with van der Waals surface area (Å²) in [5.74, 6) is 0.191. The topological polar surface area (TPSA) is 47.6 Å². The number of halogens is 2. The van der Waals surface area contributed by atoms with E-state index in [2.05, 4.69) is 5.32 Å². The van der Waals surface area contributed by atoms with Crippen molar-refractivity contribution in [1.82, 2.24) is 0 Å². The van der Waals surface area contributed by atoms with Crippen LogP contribution in [0.2, 0.25) is 10.0 Å². The van der Waals surface area contributed by atoms with Gasteiger partial charge in [0.15, 0.2) is 0 Å². The van der Waals surface area contributed by atoms with E-state index >= 15 is 0 Å². The lowest BCUT2D eigenvalue weighted by molar-refractivity contribution is 0.0998. The second kappa shape index (κ2) is 8.77. The number of hydrogen-bond donors (Lipinski definition) is 1. The second-order valence-electron chi connectivity index (χ2n) is 4.62. The van der Waals surface area contributed by atoms with Crippen molar-refractivity contribution in [3.63, 3.8) is 0 Å². The third kappa shape index (κ3) is 5.13. The minimum absolute atomic E-state index is 0.304. The number of rotatable bonds is 7. The molecule has 0 spiro atoms. The van der Waals surface area contributed by atoms with E-state index in [1.165, 1.54) is 0 Å². The summed E-state index contributed by atoms with van der Waals surface area (Å²) in [7, 11) is 0. The number of benzene rings is 2. The minimum Gasteiger partial charge on any atom is -0.490 e. The standard InChI is InChI=1S/C17H17Cl2NO3/c1-2-22-9-10-23-16-6-4-3-5-13(16)17(21)20-15-8-7-12(18)11-14(15)19/h3-8,11H,2,9-10H2,1H3,(H,20,21). The van der Waals surface area contributed by atoms with Gasteiger partial charge in [0.2, 0.25) is 0 Å². The fourth-order valence-electron chi connectivity index (χ4n) is 1.92. The van der Waals surface area contributed by atoms with Crippen molar-refractivity contribution >= 4 is 34.8 Å². The van der Waals surface area contributed by atoms with Crippen molar-refractivity contribution in [2.45, 2.75) is 6.92 Å². The highest BCUT2D eigenvalue weighted by Gasteiger charge is 2.13. The Morgan fingerprint density at radius 2 is 1.91 bits per heavy atom. The molecule has 0 heterocycles. The van der Waals surface area contributed by atoms with Gasteiger partial charge < -0.3 is 14.8 Å². The van der Waals surface area contributed by atoms with Crippen LogP contribution in [-0.4, -0.2) is 25.7 Å². The number of para-hydroxylation sites is 1. The van der Waals surface area contributed by atoms with Crippen LogP contribution in [0, 0.1) is 0 Å². The smallest absolute Gasteiger partial charge is 0.259 e. The molecular weight excluding hydrogens is 337 g/mol. The Kier molecular flexibility index (Phi) is 6.71. The second-order valence-corrected chi connectivity index (χ2v) is 5.46. The molecule has 23 heavy (non-hydrogen) atoms. The molecule has 122 valence electrons. The van der Waals surface area contributed by atoms with E-state index in [1.54, 1.807) is 36.4 Å². The molecule has 1 amide bonds. The summed E-state index contributed by atoms with van der Waals surface area (Å²) in [6.07, 6.45) is 0. The van der Waals surface area contributed by atoms with E-state index in [1.807, 2.05) is 13.0 Å². The Balaban J connectivity index is 2.09. The van der Waals surface area contributed by atoms with Gasteiger partial charge in [0.1, 0.15) is 12.4 Å². The van der Waals surface area contributed by atoms with Gasteiger partial charge in [-0.05, 0) is 37.3 Å². The predicted molar refractivity (Wildman–Crippen MR) is 92.8 cm³/mol. The Morgan fingerprint density at radius 1 is 1.13 bits per heavy atom. The normalized spacial score (nSPS) is 10.4. The fourth-order valence-corrected chi connectivity index (χ4v) is 2.37. The first-order valence-electron chi connectivity index (χ1n) is 7.17. The van der Waals surface area contributed by atoms with Crippen molar-refractivity contribution < 1.29 is 14.3 Å². The molecule has 2 aromatic rings. The first-order valence-corrected chi connectivity index (χ1v) is 7.93. The maximum absolute atomic E-state index is 12.4. The lowest BCUT2D eigenvalue weighted by Gasteiger charge is -2.12. The summed E-state index contributed by atoms with van der Waals surface area (Å²) < 4.78 is 10.8. The van der Waals surface area contributed by atoms with Crippen LogP contribution in [0.3, 0.4) is 0 Å². The molecule has 2 rings (SSSR count). The third-order valence-electron chi connectivity index (χ3n) is 3.00. The van der Waals surface area contributed by atoms with E-state index in [-0.39, 0.29) is 5.91 Å². The van der Waals surface area contributed by atoms with Crippen molar-refractivity contribution in [3.8, 4) is 5.75 Å². The summed E-state index contributed by atoms with van der Waals surface area (Å²) >= 11 is 11.9. The molecule has 0 unspecified atom stereocenters. The van der Waals surface area contributed by atoms with Crippen LogP contribution in [0.5, 0.6) is 5.75 Å². The maximum Gasteiger partial charge on any atom is 0.259 e. The van der Waals surface area contributed by atoms with Crippen LogP contribution < -0.4 is 10.1 Å². The quantitative estimate of drug-likeness (QED) is 0.736. The molecule has 0 aliphatic rings. The summed E-state index contributed by atoms with van der Waals surface area (Å²) in [6.45, 7) is 3.38. The predicted octanol–water partition coefficient (Wildman–Crippen LogP) is 4.66. The molecular formula is C17H17Cl2NO3. The molecule has 0 saturated carbocycles. The number of carbonyl (C=O) groups is 1. The summed E-state index contributed by atoms with van der Waals surface area (Å²) in [4.78, 5) is 12.4. The zero-order valence-electron chi connectivity index (χ0n) is 12.6. The van der Waals surface area contributed by atoms with Crippen molar-refractivity contribution in [2.75, 3.05) is 25.1 Å². The van der Waals surface area contributed by atoms with Gasteiger partial charge in [0, 0.05) is 11.6 Å². The van der Waals surface area contributed by atoms with Crippen LogP contribution >= 0.6 is 23.2 Å². The average molecular weight is 354 g/mol. The molecule has 0 saturated heterocycles. The molecule has 1 N–H and O–H groups in total. The van der Waals surface area contributed by atoms with Gasteiger partial charge in [-0.15, -0.1) is 0 Å². The number of ether oxygens (including phenoxy) is 2. The van der Waals surface area contributed by atoms with Crippen molar-refractivity contribution in [1.29, 1.82) is 0 Å². The molecule has 4 nitrogen and oxygen atoms in total. The van der Waals surface area contributed by atoms with E-state index in [9.17, 15) is 4.79 Å². The van der Waals surface area contributed by atoms with Gasteiger partial charge in [0.05, 0.1) is 22.9 Å². The minimum atomic E-state index is -0.304. The highest BCUT2D eigenvalue weighted by Crippen LogP contribution is 2.27. The van der Waals surface area contributed by atoms with E-state index in [0.29, 0.717) is 46.9 Å². The number of amides is 1. The zero-order valence-corrected chi connectivity index (χ0v) is 14.2. The lowest BCUT2D eigenvalue weighted by Crippen LogP contribution is -2.15. The van der Waals surface area contributed by atoms with Gasteiger partial charge in [-0.1, -0.05) is 35.3 Å².